The molecule has 0 aromatic heterocycles. The second-order valence-electron chi connectivity index (χ2n) is 8.42. The largest absolute Gasteiger partial charge is 0.466 e. The fraction of sp³-hybridized carbons (Fsp3) is 0.391. The summed E-state index contributed by atoms with van der Waals surface area (Å²) in [4.78, 5) is 25.5. The molecule has 0 N–H and O–H groups in total. The fourth-order valence-corrected chi connectivity index (χ4v) is 3.69. The van der Waals surface area contributed by atoms with Crippen molar-refractivity contribution in [2.75, 3.05) is 7.11 Å². The van der Waals surface area contributed by atoms with Crippen LogP contribution in [0.5, 0.6) is 0 Å². The molecule has 0 aliphatic carbocycles. The molecule has 6 heteroatoms. The number of rotatable bonds is 7. The van der Waals surface area contributed by atoms with Crippen LogP contribution in [0, 0.1) is 0 Å². The molecule has 2 rings (SSSR count). The highest BCUT2D eigenvalue weighted by atomic mass is 28.4. The lowest BCUT2D eigenvalue weighted by atomic mass is 10.1. The first kappa shape index (κ1) is 22.8. The lowest BCUT2D eigenvalue weighted by molar-refractivity contribution is -0.172. The Labute approximate surface area is 174 Å². The van der Waals surface area contributed by atoms with Crippen molar-refractivity contribution in [1.82, 2.24) is 0 Å². The van der Waals surface area contributed by atoms with Crippen molar-refractivity contribution in [3.8, 4) is 0 Å². The van der Waals surface area contributed by atoms with Crippen LogP contribution in [-0.4, -0.2) is 27.4 Å². The molecule has 0 unspecified atom stereocenters. The maximum atomic E-state index is 13.2. The van der Waals surface area contributed by atoms with Crippen LogP contribution in [-0.2, 0) is 23.5 Å². The van der Waals surface area contributed by atoms with E-state index in [1.54, 1.807) is 24.3 Å². The zero-order valence-electron chi connectivity index (χ0n) is 18.0. The number of benzene rings is 2. The highest BCUT2D eigenvalue weighted by molar-refractivity contribution is 6.74. The van der Waals surface area contributed by atoms with Crippen molar-refractivity contribution in [3.05, 3.63) is 71.8 Å². The van der Waals surface area contributed by atoms with Crippen molar-refractivity contribution >= 4 is 20.3 Å². The van der Waals surface area contributed by atoms with Gasteiger partial charge in [0.1, 0.15) is 0 Å². The summed E-state index contributed by atoms with van der Waals surface area (Å²) in [5.74, 6) is -1.25. The van der Waals surface area contributed by atoms with Gasteiger partial charge in [0.15, 0.2) is 14.4 Å². The van der Waals surface area contributed by atoms with Crippen molar-refractivity contribution in [2.24, 2.45) is 0 Å². The number of esters is 2. The van der Waals surface area contributed by atoms with Crippen LogP contribution >= 0.6 is 0 Å². The van der Waals surface area contributed by atoms with Gasteiger partial charge in [-0.15, -0.1) is 0 Å². The molecule has 0 heterocycles. The van der Waals surface area contributed by atoms with Gasteiger partial charge < -0.3 is 13.9 Å². The molecule has 0 fully saturated rings. The van der Waals surface area contributed by atoms with Crippen LogP contribution in [0.4, 0.5) is 0 Å². The van der Waals surface area contributed by atoms with Crippen LogP contribution in [0.2, 0.25) is 18.1 Å². The molecule has 0 aliphatic heterocycles. The first-order chi connectivity index (χ1) is 13.6. The molecule has 2 atom stereocenters. The molecule has 0 spiro atoms. The molecule has 5 nitrogen and oxygen atoms in total. The van der Waals surface area contributed by atoms with Crippen LogP contribution in [0.25, 0.3) is 0 Å². The lowest BCUT2D eigenvalue weighted by Crippen LogP contribution is -2.43. The van der Waals surface area contributed by atoms with Crippen molar-refractivity contribution < 1.29 is 23.5 Å². The zero-order valence-corrected chi connectivity index (χ0v) is 19.0. The van der Waals surface area contributed by atoms with Crippen molar-refractivity contribution in [3.63, 3.8) is 0 Å². The Balaban J connectivity index is 2.37. The van der Waals surface area contributed by atoms with Gasteiger partial charge in [-0.05, 0) is 23.7 Å². The summed E-state index contributed by atoms with van der Waals surface area (Å²) in [5.41, 5.74) is 1.24. The van der Waals surface area contributed by atoms with Crippen LogP contribution in [0.1, 0.15) is 44.1 Å². The van der Waals surface area contributed by atoms with Gasteiger partial charge in [-0.2, -0.15) is 0 Å². The number of methoxy groups -OCH3 is 1. The zero-order chi connectivity index (χ0) is 21.7. The van der Waals surface area contributed by atoms with E-state index in [1.807, 2.05) is 36.4 Å². The van der Waals surface area contributed by atoms with E-state index in [0.717, 1.165) is 0 Å². The summed E-state index contributed by atoms with van der Waals surface area (Å²) in [6.45, 7) is 10.5. The van der Waals surface area contributed by atoms with E-state index in [2.05, 4.69) is 33.9 Å². The first-order valence-corrected chi connectivity index (χ1v) is 12.5. The molecule has 0 saturated carbocycles. The monoisotopic (exact) mass is 414 g/mol. The topological polar surface area (TPSA) is 61.8 Å². The summed E-state index contributed by atoms with van der Waals surface area (Å²) in [5, 5.41) is -0.0957. The Kier molecular flexibility index (Phi) is 7.38. The molecule has 156 valence electrons. The van der Waals surface area contributed by atoms with Gasteiger partial charge in [-0.3, -0.25) is 0 Å². The van der Waals surface area contributed by atoms with Crippen LogP contribution in [0.15, 0.2) is 60.7 Å². The fourth-order valence-electron chi connectivity index (χ4n) is 2.52. The molecular weight excluding hydrogens is 384 g/mol. The van der Waals surface area contributed by atoms with Gasteiger partial charge in [-0.25, -0.2) is 9.59 Å². The molecule has 0 bridgehead atoms. The SMILES string of the molecule is COC(=O)[C@@H](OC(=O)[C@@H](O[Si](C)(C)C(C)(C)C)c1ccccc1)c1ccccc1. The Morgan fingerprint density at radius 1 is 0.793 bits per heavy atom. The summed E-state index contributed by atoms with van der Waals surface area (Å²) < 4.78 is 16.9. The van der Waals surface area contributed by atoms with Crippen LogP contribution in [0.3, 0.4) is 0 Å². The summed E-state index contributed by atoms with van der Waals surface area (Å²) in [7, 11) is -1.03. The lowest BCUT2D eigenvalue weighted by Gasteiger charge is -2.38. The van der Waals surface area contributed by atoms with E-state index in [4.69, 9.17) is 13.9 Å². The maximum Gasteiger partial charge on any atom is 0.351 e. The van der Waals surface area contributed by atoms with E-state index in [9.17, 15) is 9.59 Å². The Bertz CT molecular complexity index is 812. The predicted octanol–water partition coefficient (Wildman–Crippen LogP) is 5.21. The van der Waals surface area contributed by atoms with Gasteiger partial charge in [0.05, 0.1) is 7.11 Å². The summed E-state index contributed by atoms with van der Waals surface area (Å²) >= 11 is 0. The second kappa shape index (κ2) is 9.37. The Morgan fingerprint density at radius 3 is 1.66 bits per heavy atom. The molecule has 2 aromatic rings. The maximum absolute atomic E-state index is 13.2. The molecular formula is C23H30O5Si. The highest BCUT2D eigenvalue weighted by Crippen LogP contribution is 2.40. The molecule has 29 heavy (non-hydrogen) atoms. The average Bonchev–Trinajstić information content (AvgIpc) is 2.70. The number of carbonyl (C=O) groups is 2. The standard InChI is InChI=1S/C23H30O5Si/c1-23(2,3)29(5,6)28-20(18-15-11-8-12-16-18)22(25)27-19(21(24)26-4)17-13-9-7-10-14-17/h7-16,19-20H,1-6H3/t19-,20-/m0/s1. The average molecular weight is 415 g/mol. The van der Waals surface area contributed by atoms with Crippen molar-refractivity contribution in [2.45, 2.75) is 51.1 Å². The molecule has 0 aliphatic rings. The van der Waals surface area contributed by atoms with Gasteiger partial charge in [0.2, 0.25) is 6.10 Å². The number of hydrogen-bond donors (Lipinski definition) is 0. The Morgan fingerprint density at radius 2 is 1.24 bits per heavy atom. The minimum atomic E-state index is -2.30. The third-order valence-electron chi connectivity index (χ3n) is 5.29. The van der Waals surface area contributed by atoms with E-state index in [1.165, 1.54) is 7.11 Å². The number of ether oxygens (including phenoxy) is 2. The summed E-state index contributed by atoms with van der Waals surface area (Å²) in [6.07, 6.45) is -2.07. The quantitative estimate of drug-likeness (QED) is 0.460. The van der Waals surface area contributed by atoms with Crippen molar-refractivity contribution in [1.29, 1.82) is 0 Å². The number of hydrogen-bond acceptors (Lipinski definition) is 5. The molecule has 2 aromatic carbocycles. The predicted molar refractivity (Wildman–Crippen MR) is 115 cm³/mol. The first-order valence-electron chi connectivity index (χ1n) is 9.63. The number of carbonyl (C=O) groups excluding carboxylic acids is 2. The third-order valence-corrected chi connectivity index (χ3v) is 9.72. The van der Waals surface area contributed by atoms with E-state index < -0.39 is 32.5 Å². The molecule has 0 amide bonds. The van der Waals surface area contributed by atoms with Gasteiger partial charge in [0.25, 0.3) is 0 Å². The van der Waals surface area contributed by atoms with E-state index >= 15 is 0 Å². The van der Waals surface area contributed by atoms with Crippen LogP contribution < -0.4 is 0 Å². The van der Waals surface area contributed by atoms with Gasteiger partial charge in [-0.1, -0.05) is 81.4 Å². The van der Waals surface area contributed by atoms with E-state index in [-0.39, 0.29) is 5.04 Å². The minimum absolute atomic E-state index is 0.0957. The Hall–Kier alpha value is -2.44. The molecule has 0 saturated heterocycles. The third kappa shape index (κ3) is 5.77. The normalized spacial score (nSPS) is 14.0. The smallest absolute Gasteiger partial charge is 0.351 e. The molecule has 0 radical (unpaired) electrons. The van der Waals surface area contributed by atoms with Gasteiger partial charge in [0, 0.05) is 5.56 Å². The second-order valence-corrected chi connectivity index (χ2v) is 13.2. The van der Waals surface area contributed by atoms with Gasteiger partial charge >= 0.3 is 11.9 Å². The van der Waals surface area contributed by atoms with E-state index in [0.29, 0.717) is 11.1 Å². The summed E-state index contributed by atoms with van der Waals surface area (Å²) in [6, 6.07) is 18.1. The highest BCUT2D eigenvalue weighted by Gasteiger charge is 2.42. The minimum Gasteiger partial charge on any atom is -0.466 e.